The molecular formula is C16H16O5. The molecule has 1 aromatic carbocycles. The Kier molecular flexibility index (Phi) is 4.23. The molecule has 1 unspecified atom stereocenters. The van der Waals surface area contributed by atoms with E-state index >= 15 is 0 Å². The highest BCUT2D eigenvalue weighted by molar-refractivity contribution is 5.96. The maximum atomic E-state index is 11.6. The van der Waals surface area contributed by atoms with Crippen molar-refractivity contribution >= 4 is 17.5 Å². The monoisotopic (exact) mass is 288 g/mol. The Hall–Kier alpha value is -2.40. The molecule has 0 fully saturated rings. The van der Waals surface area contributed by atoms with Gasteiger partial charge in [0.1, 0.15) is 0 Å². The fraction of sp³-hybridized carbons (Fsp3) is 0.250. The molecule has 0 bridgehead atoms. The van der Waals surface area contributed by atoms with Crippen LogP contribution in [0.15, 0.2) is 48.1 Å². The number of rotatable bonds is 5. The summed E-state index contributed by atoms with van der Waals surface area (Å²) in [5.41, 5.74) is -0.0159. The standard InChI is InChI=1S/C16H16O5/c17-7-6-16(15(20)21)9-12(8-13(10-16)14(18)19)11-4-2-1-3-5-11/h1-5,8,10,17H,6-7,9H2,(H,18,19)(H,20,21). The molecule has 21 heavy (non-hydrogen) atoms. The van der Waals surface area contributed by atoms with Gasteiger partial charge in [0.2, 0.25) is 0 Å². The highest BCUT2D eigenvalue weighted by Crippen LogP contribution is 2.41. The summed E-state index contributed by atoms with van der Waals surface area (Å²) in [5.74, 6) is -2.30. The third-order valence-electron chi connectivity index (χ3n) is 3.64. The molecule has 110 valence electrons. The van der Waals surface area contributed by atoms with E-state index in [0.29, 0.717) is 5.57 Å². The lowest BCUT2D eigenvalue weighted by Crippen LogP contribution is -2.33. The predicted molar refractivity (Wildman–Crippen MR) is 76.5 cm³/mol. The number of carboxylic acids is 2. The number of aliphatic hydroxyl groups excluding tert-OH is 1. The fourth-order valence-electron chi connectivity index (χ4n) is 2.53. The van der Waals surface area contributed by atoms with Gasteiger partial charge < -0.3 is 15.3 Å². The van der Waals surface area contributed by atoms with E-state index in [1.807, 2.05) is 30.3 Å². The lowest BCUT2D eigenvalue weighted by atomic mass is 9.72. The van der Waals surface area contributed by atoms with Crippen molar-refractivity contribution in [2.24, 2.45) is 5.41 Å². The van der Waals surface area contributed by atoms with Crippen LogP contribution in [0.1, 0.15) is 18.4 Å². The number of allylic oxidation sites excluding steroid dienone is 1. The molecule has 0 radical (unpaired) electrons. The van der Waals surface area contributed by atoms with Gasteiger partial charge in [0, 0.05) is 6.61 Å². The Bertz CT molecular complexity index is 615. The van der Waals surface area contributed by atoms with Crippen molar-refractivity contribution in [2.75, 3.05) is 6.61 Å². The first kappa shape index (κ1) is 15.0. The average molecular weight is 288 g/mol. The summed E-state index contributed by atoms with van der Waals surface area (Å²) < 4.78 is 0. The number of hydrogen-bond acceptors (Lipinski definition) is 3. The first-order valence-electron chi connectivity index (χ1n) is 6.55. The van der Waals surface area contributed by atoms with Crippen LogP contribution in [0.5, 0.6) is 0 Å². The zero-order valence-electron chi connectivity index (χ0n) is 11.3. The highest BCUT2D eigenvalue weighted by atomic mass is 16.4. The number of carboxylic acid groups (broad SMARTS) is 2. The van der Waals surface area contributed by atoms with Gasteiger partial charge in [0.25, 0.3) is 0 Å². The first-order valence-corrected chi connectivity index (χ1v) is 6.55. The highest BCUT2D eigenvalue weighted by Gasteiger charge is 2.40. The van der Waals surface area contributed by atoms with Crippen molar-refractivity contribution in [1.29, 1.82) is 0 Å². The summed E-state index contributed by atoms with van der Waals surface area (Å²) in [5, 5.41) is 27.9. The van der Waals surface area contributed by atoms with Gasteiger partial charge in [0.15, 0.2) is 0 Å². The van der Waals surface area contributed by atoms with Crippen LogP contribution >= 0.6 is 0 Å². The molecule has 0 saturated heterocycles. The molecule has 1 aliphatic carbocycles. The third kappa shape index (κ3) is 3.03. The van der Waals surface area contributed by atoms with E-state index in [1.165, 1.54) is 12.2 Å². The number of carbonyl (C=O) groups is 2. The normalized spacial score (nSPS) is 21.4. The molecule has 0 aliphatic heterocycles. The van der Waals surface area contributed by atoms with Gasteiger partial charge >= 0.3 is 11.9 Å². The van der Waals surface area contributed by atoms with Crippen LogP contribution in [-0.2, 0) is 9.59 Å². The van der Waals surface area contributed by atoms with Gasteiger partial charge in [-0.15, -0.1) is 0 Å². The minimum Gasteiger partial charge on any atom is -0.481 e. The predicted octanol–water partition coefficient (Wildman–Crippen LogP) is 1.94. The van der Waals surface area contributed by atoms with Gasteiger partial charge in [0.05, 0.1) is 11.0 Å². The van der Waals surface area contributed by atoms with Gasteiger partial charge in [-0.25, -0.2) is 4.79 Å². The molecule has 1 aliphatic rings. The van der Waals surface area contributed by atoms with E-state index in [9.17, 15) is 19.8 Å². The second kappa shape index (κ2) is 5.93. The van der Waals surface area contributed by atoms with Gasteiger partial charge in [-0.2, -0.15) is 0 Å². The molecule has 0 heterocycles. The van der Waals surface area contributed by atoms with E-state index in [1.54, 1.807) is 0 Å². The summed E-state index contributed by atoms with van der Waals surface area (Å²) in [7, 11) is 0. The molecule has 1 aromatic rings. The molecule has 0 amide bonds. The molecule has 2 rings (SSSR count). The van der Waals surface area contributed by atoms with Crippen molar-refractivity contribution in [2.45, 2.75) is 12.8 Å². The van der Waals surface area contributed by atoms with Crippen molar-refractivity contribution in [3.8, 4) is 0 Å². The lowest BCUT2D eigenvalue weighted by molar-refractivity contribution is -0.146. The average Bonchev–Trinajstić information content (AvgIpc) is 2.48. The fourth-order valence-corrected chi connectivity index (χ4v) is 2.53. The maximum Gasteiger partial charge on any atom is 0.335 e. The summed E-state index contributed by atoms with van der Waals surface area (Å²) >= 11 is 0. The quantitative estimate of drug-likeness (QED) is 0.769. The Morgan fingerprint density at radius 1 is 1.14 bits per heavy atom. The number of benzene rings is 1. The van der Waals surface area contributed by atoms with Crippen molar-refractivity contribution in [3.05, 3.63) is 53.6 Å². The zero-order chi connectivity index (χ0) is 15.5. The number of hydrogen-bond donors (Lipinski definition) is 3. The molecule has 5 nitrogen and oxygen atoms in total. The van der Waals surface area contributed by atoms with Crippen molar-refractivity contribution in [1.82, 2.24) is 0 Å². The van der Waals surface area contributed by atoms with Crippen LogP contribution in [0.4, 0.5) is 0 Å². The van der Waals surface area contributed by atoms with Crippen LogP contribution in [-0.4, -0.2) is 33.9 Å². The summed E-state index contributed by atoms with van der Waals surface area (Å²) in [6.07, 6.45) is 2.86. The van der Waals surface area contributed by atoms with E-state index in [4.69, 9.17) is 5.11 Å². The topological polar surface area (TPSA) is 94.8 Å². The van der Waals surface area contributed by atoms with Gasteiger partial charge in [-0.05, 0) is 30.1 Å². The Morgan fingerprint density at radius 3 is 2.33 bits per heavy atom. The Labute approximate surface area is 121 Å². The molecule has 1 atom stereocenters. The van der Waals surface area contributed by atoms with E-state index < -0.39 is 17.4 Å². The Morgan fingerprint density at radius 2 is 1.81 bits per heavy atom. The summed E-state index contributed by atoms with van der Waals surface area (Å²) in [6.45, 7) is -0.322. The van der Waals surface area contributed by atoms with Crippen LogP contribution in [0.25, 0.3) is 5.57 Å². The third-order valence-corrected chi connectivity index (χ3v) is 3.64. The minimum absolute atomic E-state index is 0.0245. The SMILES string of the molecule is O=C(O)C1=CC(CCO)(C(=O)O)CC(c2ccccc2)=C1. The molecule has 0 aromatic heterocycles. The second-order valence-corrected chi connectivity index (χ2v) is 5.05. The number of aliphatic hydroxyl groups is 1. The largest absolute Gasteiger partial charge is 0.481 e. The molecule has 0 saturated carbocycles. The van der Waals surface area contributed by atoms with E-state index in [-0.39, 0.29) is 25.0 Å². The summed E-state index contributed by atoms with van der Waals surface area (Å²) in [6, 6.07) is 9.07. The lowest BCUT2D eigenvalue weighted by Gasteiger charge is -2.30. The smallest absolute Gasteiger partial charge is 0.335 e. The zero-order valence-corrected chi connectivity index (χ0v) is 11.3. The van der Waals surface area contributed by atoms with Gasteiger partial charge in [-0.3, -0.25) is 4.79 Å². The van der Waals surface area contributed by atoms with Crippen LogP contribution in [0.3, 0.4) is 0 Å². The summed E-state index contributed by atoms with van der Waals surface area (Å²) in [4.78, 5) is 22.9. The molecule has 5 heteroatoms. The van der Waals surface area contributed by atoms with Crippen LogP contribution in [0, 0.1) is 5.41 Å². The molecule has 3 N–H and O–H groups in total. The number of aliphatic carboxylic acids is 2. The van der Waals surface area contributed by atoms with Crippen LogP contribution < -0.4 is 0 Å². The van der Waals surface area contributed by atoms with Crippen LogP contribution in [0.2, 0.25) is 0 Å². The minimum atomic E-state index is -1.39. The molecular weight excluding hydrogens is 272 g/mol. The first-order chi connectivity index (χ1) is 9.98. The van der Waals surface area contributed by atoms with Crippen molar-refractivity contribution < 1.29 is 24.9 Å². The Balaban J connectivity index is 2.52. The second-order valence-electron chi connectivity index (χ2n) is 5.05. The molecule has 0 spiro atoms. The van der Waals surface area contributed by atoms with Crippen molar-refractivity contribution in [3.63, 3.8) is 0 Å². The van der Waals surface area contributed by atoms with E-state index in [0.717, 1.165) is 5.56 Å². The van der Waals surface area contributed by atoms with Gasteiger partial charge in [-0.1, -0.05) is 36.4 Å². The van der Waals surface area contributed by atoms with E-state index in [2.05, 4.69) is 0 Å². The maximum absolute atomic E-state index is 11.6.